The second-order valence-corrected chi connectivity index (χ2v) is 6.21. The van der Waals surface area contributed by atoms with Gasteiger partial charge in [-0.25, -0.2) is 10.4 Å². The molecule has 0 bridgehead atoms. The van der Waals surface area contributed by atoms with Crippen molar-refractivity contribution in [2.75, 3.05) is 26.1 Å². The minimum atomic E-state index is -0.428. The fourth-order valence-electron chi connectivity index (χ4n) is 2.48. The summed E-state index contributed by atoms with van der Waals surface area (Å²) in [6.07, 6.45) is 4.60. The lowest BCUT2D eigenvalue weighted by Gasteiger charge is -2.12. The summed E-state index contributed by atoms with van der Waals surface area (Å²) in [6, 6.07) is 15.2. The van der Waals surface area contributed by atoms with Gasteiger partial charge in [0.05, 0.1) is 31.4 Å². The van der Waals surface area contributed by atoms with E-state index < -0.39 is 5.91 Å². The summed E-state index contributed by atoms with van der Waals surface area (Å²) in [5.41, 5.74) is 6.04. The molecular weight excluding hydrogens is 354 g/mol. The molecule has 0 aliphatic carbocycles. The summed E-state index contributed by atoms with van der Waals surface area (Å²) >= 11 is 0. The van der Waals surface area contributed by atoms with Gasteiger partial charge in [-0.15, -0.1) is 0 Å². The third-order valence-electron chi connectivity index (χ3n) is 4.02. The number of carbonyl (C=O) groups excluding carboxylic acids is 1. The number of hydrogen-bond donors (Lipinski definition) is 1. The van der Waals surface area contributed by atoms with E-state index >= 15 is 0 Å². The minimum Gasteiger partial charge on any atom is -0.497 e. The summed E-state index contributed by atoms with van der Waals surface area (Å²) in [5, 5.41) is 4.02. The van der Waals surface area contributed by atoms with E-state index in [-0.39, 0.29) is 5.69 Å². The van der Waals surface area contributed by atoms with Crippen molar-refractivity contribution in [2.45, 2.75) is 0 Å². The largest absolute Gasteiger partial charge is 0.497 e. The van der Waals surface area contributed by atoms with Crippen molar-refractivity contribution >= 4 is 17.8 Å². The second kappa shape index (κ2) is 8.77. The topological polar surface area (TPSA) is 79.7 Å². The SMILES string of the molecule is COc1ccc(-c2cncc(C(=O)NN=Cc3cccc(N(C)C)c3)n2)cc1. The molecule has 1 amide bonds. The van der Waals surface area contributed by atoms with Crippen LogP contribution in [0.4, 0.5) is 5.69 Å². The van der Waals surface area contributed by atoms with Crippen LogP contribution in [0.1, 0.15) is 16.1 Å². The first-order valence-corrected chi connectivity index (χ1v) is 8.64. The van der Waals surface area contributed by atoms with Crippen LogP contribution in [0.25, 0.3) is 11.3 Å². The molecule has 3 rings (SSSR count). The predicted molar refractivity (Wildman–Crippen MR) is 110 cm³/mol. The monoisotopic (exact) mass is 375 g/mol. The van der Waals surface area contributed by atoms with E-state index in [1.807, 2.05) is 67.5 Å². The standard InChI is InChI=1S/C21H21N5O2/c1-26(2)17-6-4-5-15(11-17)12-23-25-21(27)20-14-22-13-19(24-20)16-7-9-18(28-3)10-8-16/h4-14H,1-3H3,(H,25,27). The first-order valence-electron chi connectivity index (χ1n) is 8.64. The number of benzene rings is 2. The van der Waals surface area contributed by atoms with Gasteiger partial charge >= 0.3 is 0 Å². The zero-order valence-electron chi connectivity index (χ0n) is 16.0. The summed E-state index contributed by atoms with van der Waals surface area (Å²) in [4.78, 5) is 22.8. The second-order valence-electron chi connectivity index (χ2n) is 6.21. The smallest absolute Gasteiger partial charge is 0.291 e. The van der Waals surface area contributed by atoms with Gasteiger partial charge in [0.2, 0.25) is 0 Å². The lowest BCUT2D eigenvalue weighted by molar-refractivity contribution is 0.0950. The van der Waals surface area contributed by atoms with Crippen molar-refractivity contribution in [3.63, 3.8) is 0 Å². The van der Waals surface area contributed by atoms with Crippen LogP contribution in [0.5, 0.6) is 5.75 Å². The van der Waals surface area contributed by atoms with Gasteiger partial charge in [-0.1, -0.05) is 12.1 Å². The molecule has 1 heterocycles. The zero-order valence-corrected chi connectivity index (χ0v) is 16.0. The maximum absolute atomic E-state index is 12.3. The van der Waals surface area contributed by atoms with Gasteiger partial charge < -0.3 is 9.64 Å². The van der Waals surface area contributed by atoms with Crippen molar-refractivity contribution in [3.05, 3.63) is 72.2 Å². The Morgan fingerprint density at radius 2 is 1.93 bits per heavy atom. The lowest BCUT2D eigenvalue weighted by atomic mass is 10.1. The number of amides is 1. The molecule has 1 aromatic heterocycles. The van der Waals surface area contributed by atoms with Gasteiger partial charge in [0.1, 0.15) is 11.4 Å². The highest BCUT2D eigenvalue weighted by Crippen LogP contribution is 2.20. The first kappa shape index (κ1) is 19.0. The van der Waals surface area contributed by atoms with Crippen LogP contribution < -0.4 is 15.1 Å². The van der Waals surface area contributed by atoms with Crippen molar-refractivity contribution in [2.24, 2.45) is 5.10 Å². The highest BCUT2D eigenvalue weighted by Gasteiger charge is 2.09. The van der Waals surface area contributed by atoms with Crippen molar-refractivity contribution in [1.29, 1.82) is 0 Å². The Morgan fingerprint density at radius 3 is 2.64 bits per heavy atom. The summed E-state index contributed by atoms with van der Waals surface area (Å²) in [7, 11) is 5.54. The summed E-state index contributed by atoms with van der Waals surface area (Å²) in [5.74, 6) is 0.321. The Labute approximate surface area is 163 Å². The van der Waals surface area contributed by atoms with Crippen LogP contribution >= 0.6 is 0 Å². The van der Waals surface area contributed by atoms with E-state index in [9.17, 15) is 4.79 Å². The Kier molecular flexibility index (Phi) is 5.96. The molecule has 7 nitrogen and oxygen atoms in total. The summed E-state index contributed by atoms with van der Waals surface area (Å²) in [6.45, 7) is 0. The van der Waals surface area contributed by atoms with Gasteiger partial charge in [-0.05, 0) is 42.0 Å². The van der Waals surface area contributed by atoms with Gasteiger partial charge in [0.25, 0.3) is 5.91 Å². The summed E-state index contributed by atoms with van der Waals surface area (Å²) < 4.78 is 5.15. The number of rotatable bonds is 6. The number of aromatic nitrogens is 2. The predicted octanol–water partition coefficient (Wildman–Crippen LogP) is 2.98. The van der Waals surface area contributed by atoms with Crippen LogP contribution in [0.15, 0.2) is 66.0 Å². The highest BCUT2D eigenvalue weighted by molar-refractivity contribution is 5.93. The Balaban J connectivity index is 1.70. The van der Waals surface area contributed by atoms with E-state index in [0.717, 1.165) is 22.6 Å². The van der Waals surface area contributed by atoms with Gasteiger partial charge in [0.15, 0.2) is 0 Å². The number of hydrazone groups is 1. The fourth-order valence-corrected chi connectivity index (χ4v) is 2.48. The maximum Gasteiger partial charge on any atom is 0.291 e. The molecule has 1 N–H and O–H groups in total. The molecular formula is C21H21N5O2. The number of methoxy groups -OCH3 is 1. The molecule has 142 valence electrons. The average molecular weight is 375 g/mol. The molecule has 0 atom stereocenters. The molecule has 7 heteroatoms. The van der Waals surface area contributed by atoms with Crippen molar-refractivity contribution in [3.8, 4) is 17.0 Å². The number of nitrogens with zero attached hydrogens (tertiary/aromatic N) is 4. The van der Waals surface area contributed by atoms with Crippen LogP contribution in [-0.4, -0.2) is 43.3 Å². The normalized spacial score (nSPS) is 10.7. The lowest BCUT2D eigenvalue weighted by Crippen LogP contribution is -2.19. The Morgan fingerprint density at radius 1 is 1.14 bits per heavy atom. The van der Waals surface area contributed by atoms with Gasteiger partial charge in [0, 0.05) is 25.3 Å². The first-order chi connectivity index (χ1) is 13.6. The third-order valence-corrected chi connectivity index (χ3v) is 4.02. The molecule has 0 fully saturated rings. The Hall–Kier alpha value is -3.74. The average Bonchev–Trinajstić information content (AvgIpc) is 2.74. The third kappa shape index (κ3) is 4.70. The number of anilines is 1. The molecule has 3 aromatic rings. The number of ether oxygens (including phenoxy) is 1. The van der Waals surface area contributed by atoms with E-state index in [4.69, 9.17) is 4.74 Å². The number of hydrogen-bond acceptors (Lipinski definition) is 6. The molecule has 0 saturated heterocycles. The molecule has 0 aliphatic rings. The van der Waals surface area contributed by atoms with Crippen LogP contribution in [-0.2, 0) is 0 Å². The fraction of sp³-hybridized carbons (Fsp3) is 0.143. The van der Waals surface area contributed by atoms with Crippen LogP contribution in [0.3, 0.4) is 0 Å². The molecule has 0 unspecified atom stereocenters. The van der Waals surface area contributed by atoms with Crippen LogP contribution in [0, 0.1) is 0 Å². The number of nitrogens with one attached hydrogen (secondary N) is 1. The highest BCUT2D eigenvalue weighted by atomic mass is 16.5. The zero-order chi connectivity index (χ0) is 19.9. The van der Waals surface area contributed by atoms with E-state index in [2.05, 4.69) is 20.5 Å². The molecule has 2 aromatic carbocycles. The minimum absolute atomic E-state index is 0.188. The van der Waals surface area contributed by atoms with Crippen LogP contribution in [0.2, 0.25) is 0 Å². The van der Waals surface area contributed by atoms with E-state index in [1.54, 1.807) is 19.5 Å². The molecule has 0 aliphatic heterocycles. The van der Waals surface area contributed by atoms with Gasteiger partial charge in [-0.3, -0.25) is 9.78 Å². The Bertz CT molecular complexity index is 984. The van der Waals surface area contributed by atoms with E-state index in [1.165, 1.54) is 6.20 Å². The maximum atomic E-state index is 12.3. The van der Waals surface area contributed by atoms with Crippen molar-refractivity contribution in [1.82, 2.24) is 15.4 Å². The number of carbonyl (C=O) groups is 1. The molecule has 0 radical (unpaired) electrons. The molecule has 0 saturated carbocycles. The molecule has 28 heavy (non-hydrogen) atoms. The van der Waals surface area contributed by atoms with Crippen molar-refractivity contribution < 1.29 is 9.53 Å². The van der Waals surface area contributed by atoms with Gasteiger partial charge in [-0.2, -0.15) is 5.10 Å². The molecule has 0 spiro atoms. The quantitative estimate of drug-likeness (QED) is 0.529. The van der Waals surface area contributed by atoms with E-state index in [0.29, 0.717) is 5.69 Å².